The first-order chi connectivity index (χ1) is 13.7. The molecule has 0 aliphatic heterocycles. The summed E-state index contributed by atoms with van der Waals surface area (Å²) >= 11 is 5.56. The summed E-state index contributed by atoms with van der Waals surface area (Å²) in [5.41, 5.74) is 2.43. The van der Waals surface area contributed by atoms with Crippen molar-refractivity contribution >= 4 is 29.1 Å². The number of hydrogen-bond donors (Lipinski definition) is 1. The highest BCUT2D eigenvalue weighted by atomic mass is 32.1. The van der Waals surface area contributed by atoms with Crippen LogP contribution < -0.4 is 10.1 Å². The zero-order chi connectivity index (χ0) is 19.8. The van der Waals surface area contributed by atoms with Crippen LogP contribution in [0.4, 0.5) is 0 Å². The molecule has 1 N–H and O–H groups in total. The molecular weight excluding hydrogens is 370 g/mol. The van der Waals surface area contributed by atoms with Crippen LogP contribution in [0.5, 0.6) is 5.75 Å². The molecule has 0 amide bonds. The monoisotopic (exact) mass is 391 g/mol. The Bertz CT molecular complexity index is 945. The predicted molar refractivity (Wildman–Crippen MR) is 115 cm³/mol. The Labute approximate surface area is 169 Å². The molecule has 0 saturated carbocycles. The second-order valence-electron chi connectivity index (χ2n) is 6.18. The highest BCUT2D eigenvalue weighted by Gasteiger charge is 2.14. The van der Waals surface area contributed by atoms with Crippen LogP contribution in [0.2, 0.25) is 0 Å². The average Bonchev–Trinajstić information content (AvgIpc) is 3.25. The molecule has 3 rings (SSSR count). The Hall–Kier alpha value is -3.18. The van der Waals surface area contributed by atoms with Crippen molar-refractivity contribution in [3.05, 3.63) is 95.5 Å². The molecule has 2 aromatic carbocycles. The Balaban J connectivity index is 1.74. The third-order valence-corrected chi connectivity index (χ3v) is 4.62. The Morgan fingerprint density at radius 1 is 1.07 bits per heavy atom. The maximum absolute atomic E-state index is 12.8. The van der Waals surface area contributed by atoms with Crippen LogP contribution in [0, 0.1) is 0 Å². The molecule has 0 atom stereocenters. The van der Waals surface area contributed by atoms with Gasteiger partial charge in [-0.1, -0.05) is 42.5 Å². The molecule has 0 radical (unpaired) electrons. The van der Waals surface area contributed by atoms with E-state index in [1.807, 2.05) is 42.5 Å². The number of rotatable bonds is 8. The molecule has 0 saturated heterocycles. The van der Waals surface area contributed by atoms with E-state index in [0.29, 0.717) is 34.2 Å². The standard InChI is InChI=1S/C23H21NO3S/c1-26-20-11-9-18(10-12-20)22(25)15-19(14-21-8-5-13-27-21)23(28)24-16-17-6-3-2-4-7-17/h2-14H,15-16H2,1H3,(H,24,28)/b19-14-. The quantitative estimate of drug-likeness (QED) is 0.330. The minimum Gasteiger partial charge on any atom is -0.497 e. The summed E-state index contributed by atoms with van der Waals surface area (Å²) in [4.78, 5) is 13.3. The number of benzene rings is 2. The van der Waals surface area contributed by atoms with E-state index in [0.717, 1.165) is 5.56 Å². The highest BCUT2D eigenvalue weighted by molar-refractivity contribution is 7.80. The maximum atomic E-state index is 12.8. The maximum Gasteiger partial charge on any atom is 0.167 e. The number of nitrogens with one attached hydrogen (secondary N) is 1. The second kappa shape index (κ2) is 9.67. The first kappa shape index (κ1) is 19.6. The van der Waals surface area contributed by atoms with E-state index < -0.39 is 0 Å². The fraction of sp³-hybridized carbons (Fsp3) is 0.130. The van der Waals surface area contributed by atoms with Crippen molar-refractivity contribution in [2.75, 3.05) is 7.11 Å². The van der Waals surface area contributed by atoms with E-state index in [1.54, 1.807) is 43.7 Å². The molecule has 0 fully saturated rings. The van der Waals surface area contributed by atoms with E-state index in [1.165, 1.54) is 0 Å². The summed E-state index contributed by atoms with van der Waals surface area (Å²) in [6.45, 7) is 0.589. The van der Waals surface area contributed by atoms with Gasteiger partial charge >= 0.3 is 0 Å². The van der Waals surface area contributed by atoms with Crippen molar-refractivity contribution in [2.45, 2.75) is 13.0 Å². The molecule has 0 spiro atoms. The number of methoxy groups -OCH3 is 1. The smallest absolute Gasteiger partial charge is 0.167 e. The van der Waals surface area contributed by atoms with Gasteiger partial charge < -0.3 is 14.5 Å². The number of hydrogen-bond acceptors (Lipinski definition) is 4. The van der Waals surface area contributed by atoms with Gasteiger partial charge in [-0.25, -0.2) is 0 Å². The summed E-state index contributed by atoms with van der Waals surface area (Å²) < 4.78 is 10.5. The second-order valence-corrected chi connectivity index (χ2v) is 6.59. The molecule has 4 nitrogen and oxygen atoms in total. The van der Waals surface area contributed by atoms with Gasteiger partial charge in [-0.15, -0.1) is 0 Å². The summed E-state index contributed by atoms with van der Waals surface area (Å²) in [6.07, 6.45) is 3.57. The average molecular weight is 391 g/mol. The van der Waals surface area contributed by atoms with E-state index in [4.69, 9.17) is 21.4 Å². The largest absolute Gasteiger partial charge is 0.497 e. The summed E-state index contributed by atoms with van der Waals surface area (Å²) in [7, 11) is 1.60. The minimum atomic E-state index is -0.0238. The van der Waals surface area contributed by atoms with Crippen molar-refractivity contribution in [3.8, 4) is 5.75 Å². The number of ketones is 1. The molecule has 0 unspecified atom stereocenters. The van der Waals surface area contributed by atoms with Gasteiger partial charge in [-0.05, 0) is 53.6 Å². The van der Waals surface area contributed by atoms with Gasteiger partial charge in [0.05, 0.1) is 13.4 Å². The van der Waals surface area contributed by atoms with E-state index >= 15 is 0 Å². The number of Topliss-reactive ketones (excluding diaryl/α,β-unsaturated/α-hetero) is 1. The molecule has 0 aliphatic rings. The van der Waals surface area contributed by atoms with Gasteiger partial charge in [0, 0.05) is 18.5 Å². The third kappa shape index (κ3) is 5.41. The van der Waals surface area contributed by atoms with Crippen LogP contribution in [0.3, 0.4) is 0 Å². The lowest BCUT2D eigenvalue weighted by molar-refractivity contribution is 0.0994. The molecule has 0 aliphatic carbocycles. The molecule has 0 bridgehead atoms. The molecular formula is C23H21NO3S. The van der Waals surface area contributed by atoms with Crippen LogP contribution in [-0.2, 0) is 6.54 Å². The fourth-order valence-corrected chi connectivity index (χ4v) is 2.89. The summed E-state index contributed by atoms with van der Waals surface area (Å²) in [5.74, 6) is 1.34. The number of furan rings is 1. The molecule has 1 aromatic heterocycles. The molecule has 3 aromatic rings. The van der Waals surface area contributed by atoms with Crippen molar-refractivity contribution < 1.29 is 13.9 Å². The number of carbonyl (C=O) groups excluding carboxylic acids is 1. The number of ether oxygens (including phenoxy) is 1. The molecule has 142 valence electrons. The van der Waals surface area contributed by atoms with Gasteiger partial charge in [0.2, 0.25) is 0 Å². The Morgan fingerprint density at radius 2 is 1.82 bits per heavy atom. The number of thiocarbonyl (C=S) groups is 1. The predicted octanol–water partition coefficient (Wildman–Crippen LogP) is 5.06. The van der Waals surface area contributed by atoms with Crippen LogP contribution in [0.1, 0.15) is 28.1 Å². The lowest BCUT2D eigenvalue weighted by atomic mass is 10.0. The van der Waals surface area contributed by atoms with Crippen molar-refractivity contribution in [2.24, 2.45) is 0 Å². The van der Waals surface area contributed by atoms with E-state index in [9.17, 15) is 4.79 Å². The normalized spacial score (nSPS) is 11.1. The summed E-state index contributed by atoms with van der Waals surface area (Å²) in [5, 5.41) is 3.24. The minimum absolute atomic E-state index is 0.0238. The van der Waals surface area contributed by atoms with E-state index in [-0.39, 0.29) is 12.2 Å². The zero-order valence-corrected chi connectivity index (χ0v) is 16.4. The van der Waals surface area contributed by atoms with Crippen LogP contribution >= 0.6 is 12.2 Å². The topological polar surface area (TPSA) is 51.5 Å². The first-order valence-electron chi connectivity index (χ1n) is 8.89. The van der Waals surface area contributed by atoms with Crippen LogP contribution in [-0.4, -0.2) is 17.9 Å². The highest BCUT2D eigenvalue weighted by Crippen LogP contribution is 2.18. The van der Waals surface area contributed by atoms with Crippen LogP contribution in [0.25, 0.3) is 6.08 Å². The van der Waals surface area contributed by atoms with Gasteiger partial charge in [0.25, 0.3) is 0 Å². The zero-order valence-electron chi connectivity index (χ0n) is 15.6. The fourth-order valence-electron chi connectivity index (χ4n) is 2.69. The first-order valence-corrected chi connectivity index (χ1v) is 9.30. The van der Waals surface area contributed by atoms with Crippen molar-refractivity contribution in [1.82, 2.24) is 5.32 Å². The lowest BCUT2D eigenvalue weighted by Gasteiger charge is -2.12. The van der Waals surface area contributed by atoms with Crippen molar-refractivity contribution in [1.29, 1.82) is 0 Å². The Morgan fingerprint density at radius 3 is 2.46 bits per heavy atom. The SMILES string of the molecule is COc1ccc(C(=O)C/C(=C/c2ccco2)C(=S)NCc2ccccc2)cc1. The molecule has 5 heteroatoms. The summed E-state index contributed by atoms with van der Waals surface area (Å²) in [6, 6.07) is 20.7. The van der Waals surface area contributed by atoms with Crippen molar-refractivity contribution in [3.63, 3.8) is 0 Å². The molecule has 28 heavy (non-hydrogen) atoms. The van der Waals surface area contributed by atoms with Gasteiger partial charge in [0.1, 0.15) is 16.5 Å². The Kier molecular flexibility index (Phi) is 6.76. The van der Waals surface area contributed by atoms with Gasteiger partial charge in [-0.2, -0.15) is 0 Å². The number of carbonyl (C=O) groups is 1. The lowest BCUT2D eigenvalue weighted by Crippen LogP contribution is -2.24. The van der Waals surface area contributed by atoms with Gasteiger partial charge in [-0.3, -0.25) is 4.79 Å². The van der Waals surface area contributed by atoms with E-state index in [2.05, 4.69) is 5.32 Å². The third-order valence-electron chi connectivity index (χ3n) is 4.21. The molecule has 1 heterocycles. The van der Waals surface area contributed by atoms with Gasteiger partial charge in [0.15, 0.2) is 5.78 Å². The van der Waals surface area contributed by atoms with Crippen LogP contribution in [0.15, 0.2) is 83.0 Å².